The smallest absolute Gasteiger partial charge is 0.109 e. The van der Waals surface area contributed by atoms with Gasteiger partial charge in [0.15, 0.2) is 0 Å². The van der Waals surface area contributed by atoms with Crippen molar-refractivity contribution in [2.75, 3.05) is 13.1 Å². The second-order valence-electron chi connectivity index (χ2n) is 4.17. The summed E-state index contributed by atoms with van der Waals surface area (Å²) in [5.41, 5.74) is 5.83. The molecule has 1 aliphatic rings. The van der Waals surface area contributed by atoms with Crippen LogP contribution in [0.15, 0.2) is 11.6 Å². The van der Waals surface area contributed by atoms with Crippen LogP contribution >= 0.6 is 11.3 Å². The van der Waals surface area contributed by atoms with Gasteiger partial charge in [-0.25, -0.2) is 4.98 Å². The van der Waals surface area contributed by atoms with Gasteiger partial charge in [0.2, 0.25) is 0 Å². The number of piperidine rings is 1. The first-order chi connectivity index (χ1) is 7.33. The highest BCUT2D eigenvalue weighted by Gasteiger charge is 2.27. The average Bonchev–Trinajstić information content (AvgIpc) is 2.81. The van der Waals surface area contributed by atoms with E-state index in [-0.39, 0.29) is 0 Å². The number of aromatic nitrogens is 1. The molecular formula is C11H19N3S. The molecular weight excluding hydrogens is 206 g/mol. The minimum Gasteiger partial charge on any atom is -0.329 e. The summed E-state index contributed by atoms with van der Waals surface area (Å²) in [5, 5.41) is 3.27. The van der Waals surface area contributed by atoms with E-state index in [0.717, 1.165) is 6.54 Å². The Morgan fingerprint density at radius 2 is 2.53 bits per heavy atom. The number of likely N-dealkylation sites (tertiary alicyclic amines) is 1. The van der Waals surface area contributed by atoms with Gasteiger partial charge < -0.3 is 5.73 Å². The quantitative estimate of drug-likeness (QED) is 0.855. The molecule has 0 bridgehead atoms. The molecule has 1 aromatic heterocycles. The average molecular weight is 225 g/mol. The maximum Gasteiger partial charge on any atom is 0.109 e. The first-order valence-electron chi connectivity index (χ1n) is 5.68. The Balaban J connectivity index is 2.07. The number of thiazole rings is 1. The van der Waals surface area contributed by atoms with E-state index in [4.69, 9.17) is 5.73 Å². The Hall–Kier alpha value is -0.450. The molecule has 0 saturated carbocycles. The number of hydrogen-bond acceptors (Lipinski definition) is 4. The van der Waals surface area contributed by atoms with Crippen LogP contribution < -0.4 is 5.73 Å². The molecule has 2 atom stereocenters. The highest BCUT2D eigenvalue weighted by Crippen LogP contribution is 2.28. The van der Waals surface area contributed by atoms with Gasteiger partial charge in [0.25, 0.3) is 0 Å². The zero-order valence-electron chi connectivity index (χ0n) is 9.22. The number of nitrogens with two attached hydrogens (primary N) is 1. The Labute approximate surface area is 95.3 Å². The predicted molar refractivity (Wildman–Crippen MR) is 63.9 cm³/mol. The van der Waals surface area contributed by atoms with Gasteiger partial charge in [-0.2, -0.15) is 0 Å². The molecule has 0 spiro atoms. The van der Waals surface area contributed by atoms with Gasteiger partial charge in [-0.3, -0.25) is 4.90 Å². The van der Waals surface area contributed by atoms with Crippen LogP contribution in [0.3, 0.4) is 0 Å². The van der Waals surface area contributed by atoms with Crippen molar-refractivity contribution < 1.29 is 0 Å². The van der Waals surface area contributed by atoms with Crippen LogP contribution in [0.4, 0.5) is 0 Å². The zero-order valence-corrected chi connectivity index (χ0v) is 10.0. The van der Waals surface area contributed by atoms with Crippen molar-refractivity contribution in [3.8, 4) is 0 Å². The molecule has 0 radical (unpaired) electrons. The van der Waals surface area contributed by atoms with Crippen LogP contribution in [0.2, 0.25) is 0 Å². The second kappa shape index (κ2) is 5.05. The summed E-state index contributed by atoms with van der Waals surface area (Å²) in [6.45, 7) is 4.19. The summed E-state index contributed by atoms with van der Waals surface area (Å²) in [6, 6.07) is 0.983. The molecule has 0 unspecified atom stereocenters. The van der Waals surface area contributed by atoms with Crippen molar-refractivity contribution in [2.45, 2.75) is 38.3 Å². The summed E-state index contributed by atoms with van der Waals surface area (Å²) in [5.74, 6) is 0. The lowest BCUT2D eigenvalue weighted by molar-refractivity contribution is 0.108. The van der Waals surface area contributed by atoms with Gasteiger partial charge in [-0.05, 0) is 26.3 Å². The molecule has 0 aromatic carbocycles. The monoisotopic (exact) mass is 225 g/mol. The SMILES string of the molecule is C[C@@H](c1nccs1)N1CCCC[C@@H]1CN. The minimum atomic E-state index is 0.429. The predicted octanol–water partition coefficient (Wildman–Crippen LogP) is 2.02. The van der Waals surface area contributed by atoms with E-state index in [1.165, 1.54) is 30.8 Å². The van der Waals surface area contributed by atoms with Crippen LogP contribution in [-0.4, -0.2) is 29.0 Å². The van der Waals surface area contributed by atoms with Crippen LogP contribution in [0.25, 0.3) is 0 Å². The topological polar surface area (TPSA) is 42.2 Å². The lowest BCUT2D eigenvalue weighted by Gasteiger charge is -2.38. The zero-order chi connectivity index (χ0) is 10.7. The van der Waals surface area contributed by atoms with Gasteiger partial charge in [-0.15, -0.1) is 11.3 Å². The van der Waals surface area contributed by atoms with Crippen molar-refractivity contribution in [1.29, 1.82) is 0 Å². The van der Waals surface area contributed by atoms with Crippen LogP contribution in [0, 0.1) is 0 Å². The second-order valence-corrected chi connectivity index (χ2v) is 5.10. The molecule has 2 heterocycles. The first kappa shape index (κ1) is 11.0. The lowest BCUT2D eigenvalue weighted by atomic mass is 10.0. The van der Waals surface area contributed by atoms with Crippen LogP contribution in [0.5, 0.6) is 0 Å². The van der Waals surface area contributed by atoms with E-state index in [0.29, 0.717) is 12.1 Å². The third kappa shape index (κ3) is 2.38. The van der Waals surface area contributed by atoms with Crippen molar-refractivity contribution >= 4 is 11.3 Å². The molecule has 2 N–H and O–H groups in total. The van der Waals surface area contributed by atoms with Gasteiger partial charge in [0.1, 0.15) is 5.01 Å². The Bertz CT molecular complexity index is 286. The van der Waals surface area contributed by atoms with Crippen LogP contribution in [-0.2, 0) is 0 Å². The van der Waals surface area contributed by atoms with E-state index in [2.05, 4.69) is 16.8 Å². The molecule has 15 heavy (non-hydrogen) atoms. The molecule has 0 amide bonds. The Kier molecular flexibility index (Phi) is 3.72. The Morgan fingerprint density at radius 3 is 3.20 bits per heavy atom. The minimum absolute atomic E-state index is 0.429. The summed E-state index contributed by atoms with van der Waals surface area (Å²) in [4.78, 5) is 6.91. The van der Waals surface area contributed by atoms with Crippen molar-refractivity contribution in [3.05, 3.63) is 16.6 Å². The van der Waals surface area contributed by atoms with E-state index >= 15 is 0 Å². The molecule has 2 rings (SSSR count). The molecule has 1 fully saturated rings. The van der Waals surface area contributed by atoms with Crippen LogP contribution in [0.1, 0.15) is 37.2 Å². The molecule has 1 aliphatic heterocycles. The first-order valence-corrected chi connectivity index (χ1v) is 6.56. The fourth-order valence-electron chi connectivity index (χ4n) is 2.37. The fraction of sp³-hybridized carbons (Fsp3) is 0.727. The van der Waals surface area contributed by atoms with E-state index < -0.39 is 0 Å². The van der Waals surface area contributed by atoms with Gasteiger partial charge in [-0.1, -0.05) is 6.42 Å². The molecule has 0 aliphatic carbocycles. The molecule has 1 aromatic rings. The summed E-state index contributed by atoms with van der Waals surface area (Å²) >= 11 is 1.74. The van der Waals surface area contributed by atoms with Gasteiger partial charge in [0.05, 0.1) is 6.04 Å². The molecule has 84 valence electrons. The maximum atomic E-state index is 5.83. The third-order valence-corrected chi connectivity index (χ3v) is 4.20. The maximum absolute atomic E-state index is 5.83. The van der Waals surface area contributed by atoms with E-state index in [1.54, 1.807) is 11.3 Å². The number of nitrogens with zero attached hydrogens (tertiary/aromatic N) is 2. The molecule has 4 heteroatoms. The van der Waals surface area contributed by atoms with Gasteiger partial charge in [0, 0.05) is 24.2 Å². The third-order valence-electron chi connectivity index (χ3n) is 3.25. The van der Waals surface area contributed by atoms with Gasteiger partial charge >= 0.3 is 0 Å². The lowest BCUT2D eigenvalue weighted by Crippen LogP contribution is -2.45. The molecule has 1 saturated heterocycles. The largest absolute Gasteiger partial charge is 0.329 e. The summed E-state index contributed by atoms with van der Waals surface area (Å²) < 4.78 is 0. The Morgan fingerprint density at radius 1 is 1.67 bits per heavy atom. The standard InChI is InChI=1S/C11H19N3S/c1-9(11-13-5-7-15-11)14-6-3-2-4-10(14)8-12/h5,7,9-10H,2-4,6,8,12H2,1H3/t9-,10+/m0/s1. The number of hydrogen-bond donors (Lipinski definition) is 1. The van der Waals surface area contributed by atoms with Crippen molar-refractivity contribution in [1.82, 2.24) is 9.88 Å². The van der Waals surface area contributed by atoms with Crippen molar-refractivity contribution in [3.63, 3.8) is 0 Å². The number of rotatable bonds is 3. The highest BCUT2D eigenvalue weighted by molar-refractivity contribution is 7.09. The highest BCUT2D eigenvalue weighted by atomic mass is 32.1. The summed E-state index contributed by atoms with van der Waals surface area (Å²) in [6.07, 6.45) is 5.75. The summed E-state index contributed by atoms with van der Waals surface area (Å²) in [7, 11) is 0. The normalized spacial score (nSPS) is 25.3. The molecule has 3 nitrogen and oxygen atoms in total. The van der Waals surface area contributed by atoms with E-state index in [9.17, 15) is 0 Å². The van der Waals surface area contributed by atoms with E-state index in [1.807, 2.05) is 11.6 Å². The fourth-order valence-corrected chi connectivity index (χ4v) is 3.08. The van der Waals surface area contributed by atoms with Crippen molar-refractivity contribution in [2.24, 2.45) is 5.73 Å².